The molecule has 1 aromatic carbocycles. The Balaban J connectivity index is 1.54. The first kappa shape index (κ1) is 20.3. The molecule has 0 radical (unpaired) electrons. The van der Waals surface area contributed by atoms with E-state index >= 15 is 0 Å². The van der Waals surface area contributed by atoms with Gasteiger partial charge in [0.15, 0.2) is 5.76 Å². The molecule has 2 aromatic rings. The highest BCUT2D eigenvalue weighted by Crippen LogP contribution is 2.20. The number of hydrogen-bond donors (Lipinski definition) is 2. The predicted molar refractivity (Wildman–Crippen MR) is 113 cm³/mol. The maximum absolute atomic E-state index is 12.6. The molecule has 0 bridgehead atoms. The van der Waals surface area contributed by atoms with Crippen LogP contribution >= 0.6 is 11.8 Å². The van der Waals surface area contributed by atoms with Crippen molar-refractivity contribution in [2.75, 3.05) is 29.5 Å². The summed E-state index contributed by atoms with van der Waals surface area (Å²) in [6.45, 7) is 6.38. The van der Waals surface area contributed by atoms with Gasteiger partial charge in [-0.25, -0.2) is 0 Å². The fraction of sp³-hybridized carbons (Fsp3) is 0.429. The van der Waals surface area contributed by atoms with E-state index in [1.165, 1.54) is 12.0 Å². The van der Waals surface area contributed by atoms with E-state index in [2.05, 4.69) is 27.7 Å². The number of carbonyl (C=O) groups is 2. The van der Waals surface area contributed by atoms with Gasteiger partial charge in [0.2, 0.25) is 5.91 Å². The van der Waals surface area contributed by atoms with Gasteiger partial charge in [-0.1, -0.05) is 26.0 Å². The Hall–Kier alpha value is -2.41. The van der Waals surface area contributed by atoms with E-state index in [-0.39, 0.29) is 23.5 Å². The van der Waals surface area contributed by atoms with Crippen molar-refractivity contribution >= 4 is 29.3 Å². The van der Waals surface area contributed by atoms with Gasteiger partial charge in [-0.15, -0.1) is 0 Å². The first-order chi connectivity index (χ1) is 13.5. The molecule has 0 saturated carbocycles. The summed E-state index contributed by atoms with van der Waals surface area (Å²) in [6, 6.07) is 10.9. The van der Waals surface area contributed by atoms with Crippen LogP contribution in [0.2, 0.25) is 0 Å². The summed E-state index contributed by atoms with van der Waals surface area (Å²) < 4.78 is 5.10. The Bertz CT molecular complexity index is 769. The molecule has 1 aliphatic rings. The van der Waals surface area contributed by atoms with Crippen LogP contribution in [0.1, 0.15) is 30.0 Å². The minimum absolute atomic E-state index is 0.0433. The molecular formula is C21H27N3O3S. The van der Waals surface area contributed by atoms with E-state index in [9.17, 15) is 9.59 Å². The lowest BCUT2D eigenvalue weighted by molar-refractivity contribution is -0.124. The number of benzene rings is 1. The van der Waals surface area contributed by atoms with Crippen molar-refractivity contribution in [2.45, 2.75) is 26.4 Å². The van der Waals surface area contributed by atoms with Crippen LogP contribution in [-0.2, 0) is 11.3 Å². The lowest BCUT2D eigenvalue weighted by Crippen LogP contribution is -2.49. The summed E-state index contributed by atoms with van der Waals surface area (Å²) in [5.74, 6) is 1.90. The summed E-state index contributed by atoms with van der Waals surface area (Å²) in [6.07, 6.45) is 1.44. The van der Waals surface area contributed by atoms with Crippen molar-refractivity contribution in [3.63, 3.8) is 0 Å². The van der Waals surface area contributed by atoms with E-state index in [4.69, 9.17) is 4.42 Å². The maximum Gasteiger partial charge on any atom is 0.287 e. The Labute approximate surface area is 170 Å². The normalized spacial score (nSPS) is 15.3. The third-order valence-electron chi connectivity index (χ3n) is 4.76. The third kappa shape index (κ3) is 5.32. The average molecular weight is 402 g/mol. The molecule has 28 heavy (non-hydrogen) atoms. The third-order valence-corrected chi connectivity index (χ3v) is 5.70. The van der Waals surface area contributed by atoms with E-state index in [1.807, 2.05) is 37.7 Å². The molecule has 1 fully saturated rings. The first-order valence-corrected chi connectivity index (χ1v) is 10.7. The lowest BCUT2D eigenvalue weighted by Gasteiger charge is -2.28. The van der Waals surface area contributed by atoms with Crippen molar-refractivity contribution in [1.29, 1.82) is 0 Å². The summed E-state index contributed by atoms with van der Waals surface area (Å²) in [5.41, 5.74) is 2.25. The van der Waals surface area contributed by atoms with E-state index < -0.39 is 6.04 Å². The molecule has 2 heterocycles. The van der Waals surface area contributed by atoms with Crippen molar-refractivity contribution in [3.05, 3.63) is 54.0 Å². The summed E-state index contributed by atoms with van der Waals surface area (Å²) >= 11 is 1.99. The highest BCUT2D eigenvalue weighted by Gasteiger charge is 2.25. The first-order valence-electron chi connectivity index (χ1n) is 9.58. The number of rotatable bonds is 7. The summed E-state index contributed by atoms with van der Waals surface area (Å²) in [4.78, 5) is 27.2. The van der Waals surface area contributed by atoms with Crippen LogP contribution in [0.3, 0.4) is 0 Å². The molecule has 0 spiro atoms. The van der Waals surface area contributed by atoms with Gasteiger partial charge < -0.3 is 20.0 Å². The highest BCUT2D eigenvalue weighted by atomic mass is 32.2. The largest absolute Gasteiger partial charge is 0.459 e. The summed E-state index contributed by atoms with van der Waals surface area (Å²) in [7, 11) is 0. The molecule has 3 rings (SSSR count). The Morgan fingerprint density at radius 2 is 1.86 bits per heavy atom. The number of anilines is 1. The average Bonchev–Trinajstić information content (AvgIpc) is 3.26. The molecule has 1 atom stereocenters. The van der Waals surface area contributed by atoms with Crippen molar-refractivity contribution in [3.8, 4) is 0 Å². The molecule has 6 nitrogen and oxygen atoms in total. The molecule has 1 aromatic heterocycles. The van der Waals surface area contributed by atoms with Crippen LogP contribution in [0.25, 0.3) is 0 Å². The Morgan fingerprint density at radius 3 is 2.46 bits per heavy atom. The SMILES string of the molecule is CC(C)C(NC(=O)c1ccco1)C(=O)NCc1ccc(N2CCSCC2)cc1. The number of nitrogens with zero attached hydrogens (tertiary/aromatic N) is 1. The van der Waals surface area contributed by atoms with Crippen LogP contribution in [0.15, 0.2) is 47.1 Å². The maximum atomic E-state index is 12.6. The van der Waals surface area contributed by atoms with Crippen LogP contribution in [0.5, 0.6) is 0 Å². The minimum atomic E-state index is -0.622. The lowest BCUT2D eigenvalue weighted by atomic mass is 10.0. The fourth-order valence-corrected chi connectivity index (χ4v) is 4.00. The number of hydrogen-bond acceptors (Lipinski definition) is 5. The van der Waals surface area contributed by atoms with Crippen LogP contribution < -0.4 is 15.5 Å². The van der Waals surface area contributed by atoms with Crippen LogP contribution in [0.4, 0.5) is 5.69 Å². The zero-order chi connectivity index (χ0) is 19.9. The molecule has 0 aliphatic carbocycles. The van der Waals surface area contributed by atoms with E-state index in [0.29, 0.717) is 6.54 Å². The zero-order valence-electron chi connectivity index (χ0n) is 16.3. The van der Waals surface area contributed by atoms with Gasteiger partial charge in [0.25, 0.3) is 5.91 Å². The number of nitrogens with one attached hydrogen (secondary N) is 2. The van der Waals surface area contributed by atoms with Gasteiger partial charge in [-0.05, 0) is 35.7 Å². The minimum Gasteiger partial charge on any atom is -0.459 e. The van der Waals surface area contributed by atoms with Gasteiger partial charge in [-0.2, -0.15) is 11.8 Å². The summed E-state index contributed by atoms with van der Waals surface area (Å²) in [5, 5.41) is 5.68. The van der Waals surface area contributed by atoms with Crippen molar-refractivity contribution < 1.29 is 14.0 Å². The molecule has 2 N–H and O–H groups in total. The van der Waals surface area contributed by atoms with Crippen molar-refractivity contribution in [2.24, 2.45) is 5.92 Å². The van der Waals surface area contributed by atoms with Gasteiger partial charge in [0.1, 0.15) is 6.04 Å². The zero-order valence-corrected chi connectivity index (χ0v) is 17.1. The van der Waals surface area contributed by atoms with Crippen molar-refractivity contribution in [1.82, 2.24) is 10.6 Å². The molecule has 1 aliphatic heterocycles. The second kappa shape index (κ2) is 9.68. The smallest absolute Gasteiger partial charge is 0.287 e. The van der Waals surface area contributed by atoms with Gasteiger partial charge in [0, 0.05) is 36.8 Å². The van der Waals surface area contributed by atoms with Gasteiger partial charge in [0.05, 0.1) is 6.26 Å². The Morgan fingerprint density at radius 1 is 1.14 bits per heavy atom. The van der Waals surface area contributed by atoms with Crippen LogP contribution in [0, 0.1) is 5.92 Å². The van der Waals surface area contributed by atoms with E-state index in [1.54, 1.807) is 12.1 Å². The number of carbonyl (C=O) groups excluding carboxylic acids is 2. The molecule has 1 saturated heterocycles. The number of thioether (sulfide) groups is 1. The molecule has 1 unspecified atom stereocenters. The Kier molecular flexibility index (Phi) is 7.03. The number of furan rings is 1. The van der Waals surface area contributed by atoms with E-state index in [0.717, 1.165) is 30.2 Å². The van der Waals surface area contributed by atoms with Gasteiger partial charge in [-0.3, -0.25) is 9.59 Å². The monoisotopic (exact) mass is 401 g/mol. The molecule has 7 heteroatoms. The second-order valence-corrected chi connectivity index (χ2v) is 8.38. The molecular weight excluding hydrogens is 374 g/mol. The standard InChI is InChI=1S/C21H27N3O3S/c1-15(2)19(23-20(25)18-4-3-11-27-18)21(26)22-14-16-5-7-17(8-6-16)24-9-12-28-13-10-24/h3-8,11,15,19H,9-10,12-14H2,1-2H3,(H,22,26)(H,23,25). The van der Waals surface area contributed by atoms with Crippen LogP contribution in [-0.4, -0.2) is 42.5 Å². The molecule has 2 amide bonds. The quantitative estimate of drug-likeness (QED) is 0.746. The topological polar surface area (TPSA) is 74.6 Å². The predicted octanol–water partition coefficient (Wildman–Crippen LogP) is 2.90. The molecule has 150 valence electrons. The fourth-order valence-electron chi connectivity index (χ4n) is 3.10. The number of amides is 2. The second-order valence-electron chi connectivity index (χ2n) is 7.16. The van der Waals surface area contributed by atoms with Gasteiger partial charge >= 0.3 is 0 Å². The highest BCUT2D eigenvalue weighted by molar-refractivity contribution is 7.99.